The molecule has 0 amide bonds. The third-order valence-corrected chi connectivity index (χ3v) is 3.96. The summed E-state index contributed by atoms with van der Waals surface area (Å²) in [5.74, 6) is 0.420. The summed E-state index contributed by atoms with van der Waals surface area (Å²) in [6, 6.07) is 8.21. The summed E-state index contributed by atoms with van der Waals surface area (Å²) in [5.41, 5.74) is 2.62. The van der Waals surface area contributed by atoms with Crippen LogP contribution in [0.1, 0.15) is 25.8 Å². The molecule has 1 aromatic carbocycles. The maximum Gasteiger partial charge on any atom is 0.324 e. The van der Waals surface area contributed by atoms with Gasteiger partial charge in [-0.25, -0.2) is 0 Å². The highest BCUT2D eigenvalue weighted by atomic mass is 16.5. The molecule has 0 saturated heterocycles. The van der Waals surface area contributed by atoms with Crippen molar-refractivity contribution in [3.63, 3.8) is 0 Å². The standard InChI is InChI=1S/C17H26N2O2/c1-4-9-18-15(17(20)21-3)12-19-11-13(2)10-14-7-5-6-8-16(14)19/h5-8,13,15,18H,4,9-12H2,1-3H3. The van der Waals surface area contributed by atoms with E-state index < -0.39 is 0 Å². The van der Waals surface area contributed by atoms with Crippen molar-refractivity contribution in [1.82, 2.24) is 5.32 Å². The molecule has 0 radical (unpaired) electrons. The van der Waals surface area contributed by atoms with Crippen molar-refractivity contribution in [2.45, 2.75) is 32.7 Å². The van der Waals surface area contributed by atoms with Gasteiger partial charge in [0.1, 0.15) is 6.04 Å². The molecule has 0 fully saturated rings. The van der Waals surface area contributed by atoms with Gasteiger partial charge in [0.2, 0.25) is 0 Å². The van der Waals surface area contributed by atoms with Gasteiger partial charge in [0.15, 0.2) is 0 Å². The van der Waals surface area contributed by atoms with E-state index in [2.05, 4.69) is 48.3 Å². The largest absolute Gasteiger partial charge is 0.468 e. The molecule has 1 heterocycles. The van der Waals surface area contributed by atoms with Crippen LogP contribution in [0.2, 0.25) is 0 Å². The molecule has 0 aromatic heterocycles. The molecular weight excluding hydrogens is 264 g/mol. The molecule has 1 aliphatic rings. The van der Waals surface area contributed by atoms with E-state index in [0.717, 1.165) is 25.9 Å². The van der Waals surface area contributed by atoms with E-state index in [1.165, 1.54) is 18.4 Å². The van der Waals surface area contributed by atoms with Crippen LogP contribution in [-0.2, 0) is 16.0 Å². The van der Waals surface area contributed by atoms with Crippen LogP contribution in [-0.4, -0.2) is 38.8 Å². The lowest BCUT2D eigenvalue weighted by atomic mass is 9.93. The van der Waals surface area contributed by atoms with E-state index >= 15 is 0 Å². The zero-order valence-corrected chi connectivity index (χ0v) is 13.3. The second-order valence-corrected chi connectivity index (χ2v) is 5.87. The summed E-state index contributed by atoms with van der Waals surface area (Å²) in [6.45, 7) is 6.83. The Kier molecular flexibility index (Phi) is 5.62. The van der Waals surface area contributed by atoms with Crippen molar-refractivity contribution in [2.75, 3.05) is 31.6 Å². The molecule has 0 bridgehead atoms. The predicted molar refractivity (Wildman–Crippen MR) is 85.6 cm³/mol. The quantitative estimate of drug-likeness (QED) is 0.816. The first-order chi connectivity index (χ1) is 10.2. The fourth-order valence-corrected chi connectivity index (χ4v) is 2.98. The van der Waals surface area contributed by atoms with Crippen LogP contribution in [0.4, 0.5) is 5.69 Å². The third-order valence-electron chi connectivity index (χ3n) is 3.96. The summed E-state index contributed by atoms with van der Waals surface area (Å²) in [5, 5.41) is 3.30. The predicted octanol–water partition coefficient (Wildman–Crippen LogP) is 2.23. The number of carbonyl (C=O) groups is 1. The first-order valence-electron chi connectivity index (χ1n) is 7.79. The van der Waals surface area contributed by atoms with Crippen molar-refractivity contribution in [3.8, 4) is 0 Å². The van der Waals surface area contributed by atoms with E-state index in [1.54, 1.807) is 0 Å². The van der Waals surface area contributed by atoms with Crippen molar-refractivity contribution < 1.29 is 9.53 Å². The number of anilines is 1. The molecule has 4 heteroatoms. The van der Waals surface area contributed by atoms with E-state index in [-0.39, 0.29) is 12.0 Å². The highest BCUT2D eigenvalue weighted by Gasteiger charge is 2.27. The number of nitrogens with one attached hydrogen (secondary N) is 1. The molecule has 2 rings (SSSR count). The van der Waals surface area contributed by atoms with Crippen molar-refractivity contribution in [1.29, 1.82) is 0 Å². The number of hydrogen-bond donors (Lipinski definition) is 1. The zero-order valence-electron chi connectivity index (χ0n) is 13.3. The Labute approximate surface area is 127 Å². The summed E-state index contributed by atoms with van der Waals surface area (Å²) >= 11 is 0. The van der Waals surface area contributed by atoms with E-state index in [4.69, 9.17) is 4.74 Å². The number of ether oxygens (including phenoxy) is 1. The Balaban J connectivity index is 2.14. The van der Waals surface area contributed by atoms with Gasteiger partial charge in [-0.2, -0.15) is 0 Å². The second-order valence-electron chi connectivity index (χ2n) is 5.87. The van der Waals surface area contributed by atoms with Crippen LogP contribution in [0.15, 0.2) is 24.3 Å². The average molecular weight is 290 g/mol. The molecule has 0 saturated carbocycles. The number of methoxy groups -OCH3 is 1. The van der Waals surface area contributed by atoms with Gasteiger partial charge in [0.25, 0.3) is 0 Å². The summed E-state index contributed by atoms with van der Waals surface area (Å²) < 4.78 is 4.94. The Morgan fingerprint density at radius 3 is 2.95 bits per heavy atom. The Hall–Kier alpha value is -1.55. The van der Waals surface area contributed by atoms with Crippen LogP contribution in [0, 0.1) is 5.92 Å². The van der Waals surface area contributed by atoms with Crippen LogP contribution in [0.25, 0.3) is 0 Å². The van der Waals surface area contributed by atoms with E-state index in [1.807, 2.05) is 0 Å². The minimum Gasteiger partial charge on any atom is -0.468 e. The number of para-hydroxylation sites is 1. The van der Waals surface area contributed by atoms with Gasteiger partial charge in [0, 0.05) is 18.8 Å². The molecule has 1 aromatic rings. The Morgan fingerprint density at radius 1 is 1.48 bits per heavy atom. The minimum absolute atomic E-state index is 0.181. The number of nitrogens with zero attached hydrogens (tertiary/aromatic N) is 1. The highest BCUT2D eigenvalue weighted by molar-refractivity contribution is 5.76. The number of hydrogen-bond acceptors (Lipinski definition) is 4. The van der Waals surface area contributed by atoms with E-state index in [9.17, 15) is 4.79 Å². The van der Waals surface area contributed by atoms with E-state index in [0.29, 0.717) is 12.5 Å². The number of esters is 1. The lowest BCUT2D eigenvalue weighted by molar-refractivity contribution is -0.142. The summed E-state index contributed by atoms with van der Waals surface area (Å²) in [6.07, 6.45) is 2.11. The number of benzene rings is 1. The normalized spacial score (nSPS) is 19.0. The van der Waals surface area contributed by atoms with Crippen LogP contribution in [0.3, 0.4) is 0 Å². The molecule has 4 nitrogen and oxygen atoms in total. The molecular formula is C17H26N2O2. The van der Waals surface area contributed by atoms with Crippen molar-refractivity contribution in [3.05, 3.63) is 29.8 Å². The lowest BCUT2D eigenvalue weighted by Crippen LogP contribution is -2.49. The first-order valence-corrected chi connectivity index (χ1v) is 7.79. The monoisotopic (exact) mass is 290 g/mol. The van der Waals surface area contributed by atoms with Gasteiger partial charge < -0.3 is 15.0 Å². The molecule has 1 aliphatic heterocycles. The molecule has 2 atom stereocenters. The SMILES string of the molecule is CCCNC(CN1CC(C)Cc2ccccc21)C(=O)OC. The van der Waals surface area contributed by atoms with Gasteiger partial charge in [-0.05, 0) is 36.9 Å². The maximum atomic E-state index is 12.0. The molecule has 2 unspecified atom stereocenters. The minimum atomic E-state index is -0.270. The molecule has 21 heavy (non-hydrogen) atoms. The van der Waals surface area contributed by atoms with Gasteiger partial charge in [-0.3, -0.25) is 4.79 Å². The summed E-state index contributed by atoms with van der Waals surface area (Å²) in [7, 11) is 1.45. The van der Waals surface area contributed by atoms with Crippen LogP contribution >= 0.6 is 0 Å². The number of rotatable bonds is 6. The summed E-state index contributed by atoms with van der Waals surface area (Å²) in [4.78, 5) is 14.3. The van der Waals surface area contributed by atoms with Gasteiger partial charge in [-0.1, -0.05) is 32.0 Å². The molecule has 0 aliphatic carbocycles. The fraction of sp³-hybridized carbons (Fsp3) is 0.588. The fourth-order valence-electron chi connectivity index (χ4n) is 2.98. The topological polar surface area (TPSA) is 41.6 Å². The highest BCUT2D eigenvalue weighted by Crippen LogP contribution is 2.29. The Bertz CT molecular complexity index is 476. The van der Waals surface area contributed by atoms with Gasteiger partial charge in [0.05, 0.1) is 7.11 Å². The Morgan fingerprint density at radius 2 is 2.24 bits per heavy atom. The lowest BCUT2D eigenvalue weighted by Gasteiger charge is -2.36. The first kappa shape index (κ1) is 15.8. The average Bonchev–Trinajstić information content (AvgIpc) is 2.50. The van der Waals surface area contributed by atoms with Crippen LogP contribution < -0.4 is 10.2 Å². The zero-order chi connectivity index (χ0) is 15.2. The van der Waals surface area contributed by atoms with Crippen LogP contribution in [0.5, 0.6) is 0 Å². The van der Waals surface area contributed by atoms with Gasteiger partial charge in [-0.15, -0.1) is 0 Å². The third kappa shape index (κ3) is 3.97. The maximum absolute atomic E-state index is 12.0. The number of carbonyl (C=O) groups excluding carboxylic acids is 1. The van der Waals surface area contributed by atoms with Gasteiger partial charge >= 0.3 is 5.97 Å². The molecule has 116 valence electrons. The number of fused-ring (bicyclic) bond motifs is 1. The molecule has 0 spiro atoms. The van der Waals surface area contributed by atoms with Crippen molar-refractivity contribution in [2.24, 2.45) is 5.92 Å². The second kappa shape index (κ2) is 7.46. The molecule has 1 N–H and O–H groups in total. The van der Waals surface area contributed by atoms with Crippen molar-refractivity contribution >= 4 is 11.7 Å². The smallest absolute Gasteiger partial charge is 0.324 e.